The van der Waals surface area contributed by atoms with Crippen LogP contribution in [0.4, 0.5) is 15.8 Å². The van der Waals surface area contributed by atoms with Gasteiger partial charge in [0.1, 0.15) is 5.82 Å². The lowest BCUT2D eigenvalue weighted by Crippen LogP contribution is -2.35. The Balaban J connectivity index is 1.67. The average Bonchev–Trinajstić information content (AvgIpc) is 2.45. The zero-order chi connectivity index (χ0) is 14.8. The maximum atomic E-state index is 14.1. The number of rotatable bonds is 3. The lowest BCUT2D eigenvalue weighted by Gasteiger charge is -2.30. The van der Waals surface area contributed by atoms with Crippen molar-refractivity contribution >= 4 is 17.3 Å². The monoisotopic (exact) mass is 291 g/mol. The van der Waals surface area contributed by atoms with Crippen molar-refractivity contribution in [3.05, 3.63) is 23.5 Å². The van der Waals surface area contributed by atoms with Gasteiger partial charge in [0.05, 0.1) is 5.69 Å². The molecular weight excluding hydrogens is 269 g/mol. The van der Waals surface area contributed by atoms with Crippen LogP contribution in [0.3, 0.4) is 0 Å². The number of aryl methyl sites for hydroxylation is 1. The molecule has 1 aromatic carbocycles. The summed E-state index contributed by atoms with van der Waals surface area (Å²) in [6.07, 6.45) is 3.44. The van der Waals surface area contributed by atoms with E-state index in [1.165, 1.54) is 12.8 Å². The smallest absolute Gasteiger partial charge is 0.224 e. The lowest BCUT2D eigenvalue weighted by molar-refractivity contribution is -0.116. The van der Waals surface area contributed by atoms with Crippen LogP contribution in [0.1, 0.15) is 24.8 Å². The molecule has 2 aliphatic rings. The number of anilines is 2. The number of carbonyl (C=O) groups excluding carboxylic acids is 1. The summed E-state index contributed by atoms with van der Waals surface area (Å²) in [4.78, 5) is 13.8. The van der Waals surface area contributed by atoms with E-state index in [0.717, 1.165) is 30.9 Å². The van der Waals surface area contributed by atoms with Crippen molar-refractivity contribution in [2.45, 2.75) is 25.7 Å². The van der Waals surface area contributed by atoms with E-state index in [1.54, 1.807) is 12.1 Å². The fourth-order valence-corrected chi connectivity index (χ4v) is 3.23. The highest BCUT2D eigenvalue weighted by Crippen LogP contribution is 2.29. The minimum absolute atomic E-state index is 0.00830. The van der Waals surface area contributed by atoms with Crippen molar-refractivity contribution in [1.82, 2.24) is 4.90 Å². The van der Waals surface area contributed by atoms with Crippen LogP contribution in [0.2, 0.25) is 0 Å². The summed E-state index contributed by atoms with van der Waals surface area (Å²) in [5.41, 5.74) is 2.12. The van der Waals surface area contributed by atoms with Crippen LogP contribution in [0.5, 0.6) is 0 Å². The van der Waals surface area contributed by atoms with Crippen molar-refractivity contribution in [1.29, 1.82) is 0 Å². The molecule has 1 atom stereocenters. The summed E-state index contributed by atoms with van der Waals surface area (Å²) in [6.45, 7) is 2.97. The molecule has 2 aliphatic heterocycles. The minimum Gasteiger partial charge on any atom is -0.382 e. The molecule has 1 fully saturated rings. The molecule has 2 heterocycles. The number of fused-ring (bicyclic) bond motifs is 1. The second kappa shape index (κ2) is 6.02. The van der Waals surface area contributed by atoms with E-state index < -0.39 is 0 Å². The zero-order valence-corrected chi connectivity index (χ0v) is 12.4. The molecule has 1 saturated heterocycles. The number of piperidine rings is 1. The number of amides is 1. The second-order valence-electron chi connectivity index (χ2n) is 6.19. The number of halogens is 1. The van der Waals surface area contributed by atoms with Crippen LogP contribution < -0.4 is 10.6 Å². The van der Waals surface area contributed by atoms with Gasteiger partial charge in [-0.25, -0.2) is 4.39 Å². The topological polar surface area (TPSA) is 44.4 Å². The Labute approximate surface area is 124 Å². The third-order valence-electron chi connectivity index (χ3n) is 4.39. The van der Waals surface area contributed by atoms with Crippen molar-refractivity contribution in [2.24, 2.45) is 5.92 Å². The number of hydrogen-bond acceptors (Lipinski definition) is 3. The largest absolute Gasteiger partial charge is 0.382 e. The first-order chi connectivity index (χ1) is 10.1. The van der Waals surface area contributed by atoms with Crippen LogP contribution in [-0.2, 0) is 11.2 Å². The van der Waals surface area contributed by atoms with E-state index in [4.69, 9.17) is 0 Å². The van der Waals surface area contributed by atoms with E-state index in [-0.39, 0.29) is 11.7 Å². The molecule has 1 unspecified atom stereocenters. The molecule has 0 aromatic heterocycles. The van der Waals surface area contributed by atoms with E-state index in [1.807, 2.05) is 0 Å². The molecule has 0 aliphatic carbocycles. The Morgan fingerprint density at radius 3 is 3.10 bits per heavy atom. The fraction of sp³-hybridized carbons (Fsp3) is 0.562. The van der Waals surface area contributed by atoms with Crippen LogP contribution in [-0.4, -0.2) is 37.5 Å². The van der Waals surface area contributed by atoms with Gasteiger partial charge in [-0.1, -0.05) is 0 Å². The highest BCUT2D eigenvalue weighted by molar-refractivity contribution is 5.94. The fourth-order valence-electron chi connectivity index (χ4n) is 3.23. The standard InChI is InChI=1S/C16H22FN3O/c1-20-6-2-3-11(10-20)9-18-15-8-14-12(7-13(15)17)4-5-16(21)19-14/h7-8,11,18H,2-6,9-10H2,1H3,(H,19,21). The summed E-state index contributed by atoms with van der Waals surface area (Å²) < 4.78 is 14.1. The number of hydrogen-bond donors (Lipinski definition) is 2. The maximum absolute atomic E-state index is 14.1. The average molecular weight is 291 g/mol. The van der Waals surface area contributed by atoms with Crippen molar-refractivity contribution < 1.29 is 9.18 Å². The van der Waals surface area contributed by atoms with Gasteiger partial charge in [-0.3, -0.25) is 4.79 Å². The quantitative estimate of drug-likeness (QED) is 0.899. The number of nitrogens with zero attached hydrogens (tertiary/aromatic N) is 1. The van der Waals surface area contributed by atoms with Gasteiger partial charge >= 0.3 is 0 Å². The highest BCUT2D eigenvalue weighted by atomic mass is 19.1. The summed E-state index contributed by atoms with van der Waals surface area (Å²) in [5, 5.41) is 6.03. The zero-order valence-electron chi connectivity index (χ0n) is 12.4. The van der Waals surface area contributed by atoms with Gasteiger partial charge in [0, 0.05) is 25.2 Å². The number of benzene rings is 1. The minimum atomic E-state index is -0.228. The third-order valence-corrected chi connectivity index (χ3v) is 4.39. The lowest BCUT2D eigenvalue weighted by atomic mass is 9.98. The van der Waals surface area contributed by atoms with Gasteiger partial charge < -0.3 is 15.5 Å². The maximum Gasteiger partial charge on any atom is 0.224 e. The van der Waals surface area contributed by atoms with Crippen LogP contribution >= 0.6 is 0 Å². The van der Waals surface area contributed by atoms with Crippen molar-refractivity contribution in [2.75, 3.05) is 37.3 Å². The first kappa shape index (κ1) is 14.3. The molecule has 0 spiro atoms. The summed E-state index contributed by atoms with van der Waals surface area (Å²) in [7, 11) is 2.13. The van der Waals surface area contributed by atoms with E-state index in [0.29, 0.717) is 24.4 Å². The molecule has 1 aromatic rings. The third kappa shape index (κ3) is 3.35. The van der Waals surface area contributed by atoms with Crippen LogP contribution in [0, 0.1) is 11.7 Å². The predicted molar refractivity (Wildman–Crippen MR) is 82.1 cm³/mol. The highest BCUT2D eigenvalue weighted by Gasteiger charge is 2.20. The van der Waals surface area contributed by atoms with Gasteiger partial charge in [0.15, 0.2) is 0 Å². The SMILES string of the molecule is CN1CCCC(CNc2cc3c(cc2F)CCC(=O)N3)C1. The molecule has 5 heteroatoms. The molecule has 4 nitrogen and oxygen atoms in total. The normalized spacial score (nSPS) is 22.6. The Hall–Kier alpha value is -1.62. The number of nitrogens with one attached hydrogen (secondary N) is 2. The van der Waals surface area contributed by atoms with Gasteiger partial charge in [-0.05, 0) is 56.5 Å². The number of carbonyl (C=O) groups is 1. The molecule has 114 valence electrons. The van der Waals surface area contributed by atoms with Crippen LogP contribution in [0.15, 0.2) is 12.1 Å². The van der Waals surface area contributed by atoms with E-state index in [2.05, 4.69) is 22.6 Å². The second-order valence-corrected chi connectivity index (χ2v) is 6.19. The van der Waals surface area contributed by atoms with Crippen LogP contribution in [0.25, 0.3) is 0 Å². The van der Waals surface area contributed by atoms with Gasteiger partial charge in [-0.15, -0.1) is 0 Å². The van der Waals surface area contributed by atoms with Crippen molar-refractivity contribution in [3.8, 4) is 0 Å². The summed E-state index contributed by atoms with van der Waals surface area (Å²) >= 11 is 0. The molecule has 0 saturated carbocycles. The summed E-state index contributed by atoms with van der Waals surface area (Å²) in [5.74, 6) is 0.330. The van der Waals surface area contributed by atoms with Gasteiger partial charge in [0.2, 0.25) is 5.91 Å². The molecule has 3 rings (SSSR count). The molecule has 1 amide bonds. The van der Waals surface area contributed by atoms with Crippen molar-refractivity contribution in [3.63, 3.8) is 0 Å². The van der Waals surface area contributed by atoms with E-state index in [9.17, 15) is 9.18 Å². The summed E-state index contributed by atoms with van der Waals surface area (Å²) in [6, 6.07) is 3.28. The predicted octanol–water partition coefficient (Wildman–Crippen LogP) is 2.46. The number of likely N-dealkylation sites (tertiary alicyclic amines) is 1. The molecule has 0 radical (unpaired) electrons. The molecule has 21 heavy (non-hydrogen) atoms. The first-order valence-electron chi connectivity index (χ1n) is 7.66. The molecule has 0 bridgehead atoms. The first-order valence-corrected chi connectivity index (χ1v) is 7.66. The van der Waals surface area contributed by atoms with Gasteiger partial charge in [-0.2, -0.15) is 0 Å². The Kier molecular flexibility index (Phi) is 4.10. The Morgan fingerprint density at radius 1 is 1.43 bits per heavy atom. The van der Waals surface area contributed by atoms with E-state index >= 15 is 0 Å². The van der Waals surface area contributed by atoms with Gasteiger partial charge in [0.25, 0.3) is 0 Å². The Morgan fingerprint density at radius 2 is 2.29 bits per heavy atom. The molecular formula is C16H22FN3O. The molecule has 2 N–H and O–H groups in total. The Bertz CT molecular complexity index is 547.